The summed E-state index contributed by atoms with van der Waals surface area (Å²) in [6.45, 7) is 0. The molecule has 2 aromatic carbocycles. The summed E-state index contributed by atoms with van der Waals surface area (Å²) in [6, 6.07) is 9.91. The van der Waals surface area contributed by atoms with Crippen LogP contribution < -0.4 is 0 Å². The Morgan fingerprint density at radius 1 is 1.24 bits per heavy atom. The van der Waals surface area contributed by atoms with Crippen LogP contribution in [0, 0.1) is 15.9 Å². The van der Waals surface area contributed by atoms with Crippen LogP contribution in [0.15, 0.2) is 52.3 Å². The number of methoxy groups -OCH3 is 1. The number of nitro benzene ring substituents is 1. The number of hydrogen-bond donors (Lipinski definition) is 0. The Balaban J connectivity index is 2.18. The molecule has 21 heavy (non-hydrogen) atoms. The molecule has 108 valence electrons. The maximum absolute atomic E-state index is 13.8. The fourth-order valence-electron chi connectivity index (χ4n) is 1.59. The maximum Gasteiger partial charge on any atom is 0.337 e. The van der Waals surface area contributed by atoms with E-state index in [9.17, 15) is 19.3 Å². The third-order valence-corrected chi connectivity index (χ3v) is 3.69. The predicted octanol–water partition coefficient (Wildman–Crippen LogP) is 3.67. The molecule has 0 radical (unpaired) electrons. The number of ether oxygens (including phenoxy) is 1. The molecule has 0 spiro atoms. The zero-order valence-corrected chi connectivity index (χ0v) is 11.7. The quantitative estimate of drug-likeness (QED) is 0.489. The molecule has 0 aliphatic carbocycles. The van der Waals surface area contributed by atoms with Crippen molar-refractivity contribution in [1.29, 1.82) is 0 Å². The predicted molar refractivity (Wildman–Crippen MR) is 75.0 cm³/mol. The standard InChI is InChI=1S/C14H10FNO4S/c1-20-14(17)9-2-5-11(6-3-9)21-13-7-4-10(16(18)19)8-12(13)15/h2-8H,1H3. The van der Waals surface area contributed by atoms with Gasteiger partial charge in [-0.05, 0) is 30.3 Å². The van der Waals surface area contributed by atoms with Crippen LogP contribution in [-0.4, -0.2) is 18.0 Å². The van der Waals surface area contributed by atoms with Gasteiger partial charge in [-0.2, -0.15) is 0 Å². The van der Waals surface area contributed by atoms with Gasteiger partial charge in [-0.25, -0.2) is 9.18 Å². The van der Waals surface area contributed by atoms with E-state index in [-0.39, 0.29) is 10.6 Å². The van der Waals surface area contributed by atoms with Crippen molar-refractivity contribution in [3.63, 3.8) is 0 Å². The van der Waals surface area contributed by atoms with Crippen LogP contribution >= 0.6 is 11.8 Å². The molecule has 0 bridgehead atoms. The van der Waals surface area contributed by atoms with Crippen molar-refractivity contribution in [3.05, 3.63) is 64.0 Å². The third-order valence-electron chi connectivity index (χ3n) is 2.63. The number of rotatable bonds is 4. The largest absolute Gasteiger partial charge is 0.465 e. The first-order chi connectivity index (χ1) is 10.0. The first-order valence-corrected chi connectivity index (χ1v) is 6.63. The van der Waals surface area contributed by atoms with Gasteiger partial charge in [-0.3, -0.25) is 10.1 Å². The fourth-order valence-corrected chi connectivity index (χ4v) is 2.41. The van der Waals surface area contributed by atoms with Crippen molar-refractivity contribution in [2.75, 3.05) is 7.11 Å². The van der Waals surface area contributed by atoms with Crippen molar-refractivity contribution in [2.24, 2.45) is 0 Å². The molecule has 2 aromatic rings. The molecule has 0 N–H and O–H groups in total. The Labute approximate surface area is 123 Å². The van der Waals surface area contributed by atoms with Crippen LogP contribution in [-0.2, 0) is 4.74 Å². The van der Waals surface area contributed by atoms with Crippen LogP contribution in [0.5, 0.6) is 0 Å². The molecule has 5 nitrogen and oxygen atoms in total. The topological polar surface area (TPSA) is 69.4 Å². The molecule has 0 aromatic heterocycles. The molecule has 0 saturated heterocycles. The minimum absolute atomic E-state index is 0.270. The first-order valence-electron chi connectivity index (χ1n) is 5.81. The highest BCUT2D eigenvalue weighted by Crippen LogP contribution is 2.31. The second-order valence-electron chi connectivity index (χ2n) is 3.99. The summed E-state index contributed by atoms with van der Waals surface area (Å²) >= 11 is 1.11. The summed E-state index contributed by atoms with van der Waals surface area (Å²) in [5.74, 6) is -1.11. The summed E-state index contributed by atoms with van der Waals surface area (Å²) in [5.41, 5.74) is 0.101. The molecule has 2 rings (SSSR count). The molecular weight excluding hydrogens is 297 g/mol. The smallest absolute Gasteiger partial charge is 0.337 e. The lowest BCUT2D eigenvalue weighted by Gasteiger charge is -2.04. The summed E-state index contributed by atoms with van der Waals surface area (Å²) in [7, 11) is 1.29. The minimum atomic E-state index is -0.661. The number of halogens is 1. The number of carbonyl (C=O) groups is 1. The second kappa shape index (κ2) is 6.36. The fraction of sp³-hybridized carbons (Fsp3) is 0.0714. The molecule has 0 unspecified atom stereocenters. The number of non-ortho nitro benzene ring substituents is 1. The van der Waals surface area contributed by atoms with E-state index >= 15 is 0 Å². The van der Waals surface area contributed by atoms with Gasteiger partial charge in [0.1, 0.15) is 5.82 Å². The highest BCUT2D eigenvalue weighted by atomic mass is 32.2. The van der Waals surface area contributed by atoms with Gasteiger partial charge in [0.05, 0.1) is 23.7 Å². The average Bonchev–Trinajstić information content (AvgIpc) is 2.49. The van der Waals surface area contributed by atoms with E-state index in [1.54, 1.807) is 24.3 Å². The van der Waals surface area contributed by atoms with E-state index in [4.69, 9.17) is 0 Å². The Hall–Kier alpha value is -2.41. The zero-order chi connectivity index (χ0) is 15.4. The van der Waals surface area contributed by atoms with Crippen molar-refractivity contribution in [3.8, 4) is 0 Å². The van der Waals surface area contributed by atoms with E-state index in [1.807, 2.05) is 0 Å². The third kappa shape index (κ3) is 3.57. The van der Waals surface area contributed by atoms with Gasteiger partial charge in [-0.1, -0.05) is 11.8 Å². The number of nitro groups is 1. The Morgan fingerprint density at radius 2 is 1.90 bits per heavy atom. The van der Waals surface area contributed by atoms with E-state index in [0.717, 1.165) is 17.8 Å². The zero-order valence-electron chi connectivity index (χ0n) is 10.9. The lowest BCUT2D eigenvalue weighted by Crippen LogP contribution is -2.00. The van der Waals surface area contributed by atoms with E-state index in [1.165, 1.54) is 19.2 Å². The van der Waals surface area contributed by atoms with Crippen LogP contribution in [0.25, 0.3) is 0 Å². The molecule has 0 aliphatic rings. The highest BCUT2D eigenvalue weighted by Gasteiger charge is 2.12. The number of nitrogens with zero attached hydrogens (tertiary/aromatic N) is 1. The van der Waals surface area contributed by atoms with E-state index in [2.05, 4.69) is 4.74 Å². The van der Waals surface area contributed by atoms with Gasteiger partial charge >= 0.3 is 5.97 Å². The second-order valence-corrected chi connectivity index (χ2v) is 5.11. The molecule has 0 aliphatic heterocycles. The monoisotopic (exact) mass is 307 g/mol. The lowest BCUT2D eigenvalue weighted by atomic mass is 10.2. The van der Waals surface area contributed by atoms with Gasteiger partial charge in [0.15, 0.2) is 0 Å². The summed E-state index contributed by atoms with van der Waals surface area (Å²) in [5, 5.41) is 10.5. The van der Waals surface area contributed by atoms with E-state index < -0.39 is 16.7 Å². The van der Waals surface area contributed by atoms with Gasteiger partial charge < -0.3 is 4.74 Å². The Kier molecular flexibility index (Phi) is 4.54. The van der Waals surface area contributed by atoms with Crippen LogP contribution in [0.2, 0.25) is 0 Å². The first kappa shape index (κ1) is 15.0. The summed E-state index contributed by atoms with van der Waals surface area (Å²) in [6.07, 6.45) is 0. The summed E-state index contributed by atoms with van der Waals surface area (Å²) in [4.78, 5) is 22.2. The normalized spacial score (nSPS) is 10.2. The Morgan fingerprint density at radius 3 is 2.43 bits per heavy atom. The Bertz CT molecular complexity index is 688. The molecule has 0 atom stereocenters. The molecule has 0 fully saturated rings. The van der Waals surface area contributed by atoms with Crippen LogP contribution in [0.4, 0.5) is 10.1 Å². The number of carbonyl (C=O) groups excluding carboxylic acids is 1. The van der Waals surface area contributed by atoms with Crippen LogP contribution in [0.3, 0.4) is 0 Å². The molecule has 0 amide bonds. The summed E-state index contributed by atoms with van der Waals surface area (Å²) < 4.78 is 18.3. The maximum atomic E-state index is 13.8. The number of hydrogen-bond acceptors (Lipinski definition) is 5. The van der Waals surface area contributed by atoms with Gasteiger partial charge in [0.2, 0.25) is 0 Å². The van der Waals surface area contributed by atoms with Crippen molar-refractivity contribution < 1.29 is 18.8 Å². The molecule has 0 heterocycles. The average molecular weight is 307 g/mol. The number of benzene rings is 2. The molecule has 0 saturated carbocycles. The number of esters is 1. The SMILES string of the molecule is COC(=O)c1ccc(Sc2ccc([N+](=O)[O-])cc2F)cc1. The van der Waals surface area contributed by atoms with Crippen molar-refractivity contribution in [2.45, 2.75) is 9.79 Å². The van der Waals surface area contributed by atoms with Crippen molar-refractivity contribution >= 4 is 23.4 Å². The van der Waals surface area contributed by atoms with E-state index in [0.29, 0.717) is 10.5 Å². The molecule has 7 heteroatoms. The van der Waals surface area contributed by atoms with Crippen molar-refractivity contribution in [1.82, 2.24) is 0 Å². The molecular formula is C14H10FNO4S. The van der Waals surface area contributed by atoms with Crippen LogP contribution in [0.1, 0.15) is 10.4 Å². The highest BCUT2D eigenvalue weighted by molar-refractivity contribution is 7.99. The van der Waals surface area contributed by atoms with Gasteiger partial charge in [0, 0.05) is 15.9 Å². The lowest BCUT2D eigenvalue weighted by molar-refractivity contribution is -0.385. The minimum Gasteiger partial charge on any atom is -0.465 e. The van der Waals surface area contributed by atoms with Gasteiger partial charge in [0.25, 0.3) is 5.69 Å². The van der Waals surface area contributed by atoms with Gasteiger partial charge in [-0.15, -0.1) is 0 Å².